The van der Waals surface area contributed by atoms with E-state index in [0.29, 0.717) is 12.2 Å². The highest BCUT2D eigenvalue weighted by Crippen LogP contribution is 2.10. The molecule has 0 fully saturated rings. The molecule has 1 rings (SSSR count). The summed E-state index contributed by atoms with van der Waals surface area (Å²) in [6.45, 7) is 7.98. The third kappa shape index (κ3) is 12.1. The number of thioether (sulfide) groups is 1. The van der Waals surface area contributed by atoms with Gasteiger partial charge in [-0.2, -0.15) is 0 Å². The first-order chi connectivity index (χ1) is 17.8. The van der Waals surface area contributed by atoms with Gasteiger partial charge in [-0.05, 0) is 31.2 Å². The van der Waals surface area contributed by atoms with Gasteiger partial charge in [0, 0.05) is 25.2 Å². The van der Waals surface area contributed by atoms with Crippen molar-refractivity contribution >= 4 is 40.6 Å². The first-order valence-corrected chi connectivity index (χ1v) is 13.1. The highest BCUT2D eigenvalue weighted by molar-refractivity contribution is 8.13. The summed E-state index contributed by atoms with van der Waals surface area (Å²) in [5.74, 6) is -3.74. The molecule has 0 bridgehead atoms. The number of allylic oxidation sites excluding steroid dienone is 3. The van der Waals surface area contributed by atoms with Crippen LogP contribution in [-0.2, 0) is 25.7 Å². The minimum atomic E-state index is -1.22. The van der Waals surface area contributed by atoms with Gasteiger partial charge in [0.2, 0.25) is 5.91 Å². The minimum absolute atomic E-state index is 0.0547. The molecule has 38 heavy (non-hydrogen) atoms. The van der Waals surface area contributed by atoms with Crippen molar-refractivity contribution in [3.05, 3.63) is 53.3 Å². The Labute approximate surface area is 225 Å². The number of hydrogen-bond acceptors (Lipinski definition) is 7. The van der Waals surface area contributed by atoms with E-state index in [1.165, 1.54) is 31.7 Å². The number of amides is 3. The van der Waals surface area contributed by atoms with E-state index in [0.717, 1.165) is 12.1 Å². The van der Waals surface area contributed by atoms with E-state index < -0.39 is 35.6 Å². The molecule has 0 aliphatic carbocycles. The van der Waals surface area contributed by atoms with Crippen molar-refractivity contribution < 1.29 is 33.5 Å². The lowest BCUT2D eigenvalue weighted by molar-refractivity contribution is -0.142. The van der Waals surface area contributed by atoms with Crippen LogP contribution in [0.4, 0.5) is 4.39 Å². The van der Waals surface area contributed by atoms with Crippen LogP contribution in [0, 0.1) is 17.7 Å². The lowest BCUT2D eigenvalue weighted by Crippen LogP contribution is -2.47. The summed E-state index contributed by atoms with van der Waals surface area (Å²) in [5, 5.41) is 16.6. The molecule has 0 aliphatic heterocycles. The monoisotopic (exact) mass is 550 g/mol. The zero-order valence-electron chi connectivity index (χ0n) is 22.2. The zero-order valence-corrected chi connectivity index (χ0v) is 23.0. The lowest BCUT2D eigenvalue weighted by atomic mass is 10.0. The Kier molecular flexibility index (Phi) is 14.0. The fraction of sp³-hybridized carbons (Fsp3) is 0.462. The van der Waals surface area contributed by atoms with Crippen molar-refractivity contribution in [3.63, 3.8) is 0 Å². The Bertz CT molecular complexity index is 1090. The SMILES string of the molecule is C/C=C(\NC(=O)c1cc(F)cc(CNC(=O)C[C@H](C)/C=C/CCSC(C)=O)n1)C(=O)N[C@H](C(=O)O)C(C)C. The van der Waals surface area contributed by atoms with Crippen LogP contribution < -0.4 is 16.0 Å². The van der Waals surface area contributed by atoms with Crippen LogP contribution in [0.2, 0.25) is 0 Å². The van der Waals surface area contributed by atoms with Crippen molar-refractivity contribution in [2.45, 2.75) is 60.0 Å². The van der Waals surface area contributed by atoms with Gasteiger partial charge in [0.05, 0.1) is 12.2 Å². The zero-order chi connectivity index (χ0) is 28.8. The Hall–Kier alpha value is -3.54. The molecule has 0 spiro atoms. The molecule has 0 aliphatic rings. The van der Waals surface area contributed by atoms with Crippen LogP contribution in [0.3, 0.4) is 0 Å². The van der Waals surface area contributed by atoms with Crippen molar-refractivity contribution in [2.24, 2.45) is 11.8 Å². The number of hydrogen-bond donors (Lipinski definition) is 4. The standard InChI is InChI=1S/C26H35FN4O6S/c1-6-20(24(34)31-23(15(2)3)26(36)37)30-25(35)21-13-18(27)12-19(29-21)14-28-22(33)11-16(4)9-7-8-10-38-17(5)32/h6-7,9,12-13,15-16,23H,8,10-11,14H2,1-5H3,(H,28,33)(H,30,35)(H,31,34)(H,36,37)/b9-7+,20-6-/t16-,23+/m1/s1. The molecule has 3 amide bonds. The molecule has 0 saturated carbocycles. The number of rotatable bonds is 14. The van der Waals surface area contributed by atoms with Crippen molar-refractivity contribution in [1.29, 1.82) is 0 Å². The first-order valence-electron chi connectivity index (χ1n) is 12.1. The second-order valence-electron chi connectivity index (χ2n) is 8.87. The maximum Gasteiger partial charge on any atom is 0.326 e. The van der Waals surface area contributed by atoms with E-state index in [9.17, 15) is 33.5 Å². The van der Waals surface area contributed by atoms with Gasteiger partial charge in [0.15, 0.2) is 5.12 Å². The minimum Gasteiger partial charge on any atom is -0.480 e. The van der Waals surface area contributed by atoms with E-state index in [4.69, 9.17) is 0 Å². The summed E-state index contributed by atoms with van der Waals surface area (Å²) < 4.78 is 14.2. The second kappa shape index (κ2) is 16.3. The summed E-state index contributed by atoms with van der Waals surface area (Å²) >= 11 is 1.24. The predicted molar refractivity (Wildman–Crippen MR) is 142 cm³/mol. The molecule has 208 valence electrons. The average molecular weight is 551 g/mol. The molecule has 0 saturated heterocycles. The van der Waals surface area contributed by atoms with Crippen LogP contribution in [-0.4, -0.2) is 50.7 Å². The van der Waals surface area contributed by atoms with Crippen LogP contribution >= 0.6 is 11.8 Å². The van der Waals surface area contributed by atoms with E-state index >= 15 is 0 Å². The molecule has 1 heterocycles. The van der Waals surface area contributed by atoms with Crippen LogP contribution in [0.1, 0.15) is 63.6 Å². The van der Waals surface area contributed by atoms with E-state index in [1.54, 1.807) is 13.8 Å². The van der Waals surface area contributed by atoms with E-state index in [1.807, 2.05) is 19.1 Å². The quantitative estimate of drug-likeness (QED) is 0.157. The summed E-state index contributed by atoms with van der Waals surface area (Å²) in [7, 11) is 0. The van der Waals surface area contributed by atoms with E-state index in [-0.39, 0.29) is 47.0 Å². The molecule has 4 N–H and O–H groups in total. The van der Waals surface area contributed by atoms with Crippen molar-refractivity contribution in [1.82, 2.24) is 20.9 Å². The van der Waals surface area contributed by atoms with E-state index in [2.05, 4.69) is 20.9 Å². The fourth-order valence-corrected chi connectivity index (χ4v) is 3.70. The number of carbonyl (C=O) groups is 5. The molecule has 0 aromatic carbocycles. The Balaban J connectivity index is 2.73. The van der Waals surface area contributed by atoms with Gasteiger partial charge < -0.3 is 21.1 Å². The van der Waals surface area contributed by atoms with Gasteiger partial charge in [0.1, 0.15) is 23.3 Å². The number of nitrogens with zero attached hydrogens (tertiary/aromatic N) is 1. The van der Waals surface area contributed by atoms with Crippen molar-refractivity contribution in [2.75, 3.05) is 5.75 Å². The fourth-order valence-electron chi connectivity index (χ4n) is 3.16. The summed E-state index contributed by atoms with van der Waals surface area (Å²) in [6.07, 6.45) is 5.98. The number of pyridine rings is 1. The molecule has 1 aromatic heterocycles. The summed E-state index contributed by atoms with van der Waals surface area (Å²) in [5.41, 5.74) is -0.435. The molecule has 2 atom stereocenters. The second-order valence-corrected chi connectivity index (χ2v) is 10.1. The highest BCUT2D eigenvalue weighted by atomic mass is 32.2. The summed E-state index contributed by atoms with van der Waals surface area (Å²) in [4.78, 5) is 63.7. The predicted octanol–water partition coefficient (Wildman–Crippen LogP) is 2.95. The topological polar surface area (TPSA) is 155 Å². The van der Waals surface area contributed by atoms with Gasteiger partial charge in [-0.1, -0.05) is 50.8 Å². The smallest absolute Gasteiger partial charge is 0.326 e. The molecule has 0 radical (unpaired) electrons. The molecular formula is C26H35FN4O6S. The molecule has 0 unspecified atom stereocenters. The number of aliphatic carboxylic acids is 1. The number of halogens is 1. The van der Waals surface area contributed by atoms with Crippen LogP contribution in [0.25, 0.3) is 0 Å². The Morgan fingerprint density at radius 2 is 1.84 bits per heavy atom. The molecule has 1 aromatic rings. The third-order valence-electron chi connectivity index (χ3n) is 5.11. The van der Waals surface area contributed by atoms with Gasteiger partial charge in [-0.3, -0.25) is 19.2 Å². The van der Waals surface area contributed by atoms with Gasteiger partial charge in [0.25, 0.3) is 11.8 Å². The summed E-state index contributed by atoms with van der Waals surface area (Å²) in [6, 6.07) is 0.800. The Morgan fingerprint density at radius 1 is 1.16 bits per heavy atom. The number of carboxylic acid groups (broad SMARTS) is 1. The number of aromatic nitrogens is 1. The van der Waals surface area contributed by atoms with Crippen molar-refractivity contribution in [3.8, 4) is 0 Å². The normalized spacial score (nSPS) is 13.2. The maximum absolute atomic E-state index is 14.2. The number of carboxylic acids is 1. The highest BCUT2D eigenvalue weighted by Gasteiger charge is 2.25. The first kappa shape index (κ1) is 32.5. The lowest BCUT2D eigenvalue weighted by Gasteiger charge is -2.19. The largest absolute Gasteiger partial charge is 0.480 e. The average Bonchev–Trinajstić information content (AvgIpc) is 2.83. The molecule has 10 nitrogen and oxygen atoms in total. The molecular weight excluding hydrogens is 515 g/mol. The number of carbonyl (C=O) groups excluding carboxylic acids is 4. The maximum atomic E-state index is 14.2. The Morgan fingerprint density at radius 3 is 2.42 bits per heavy atom. The number of nitrogens with one attached hydrogen (secondary N) is 3. The third-order valence-corrected chi connectivity index (χ3v) is 5.95. The van der Waals surface area contributed by atoms with Crippen LogP contribution in [0.5, 0.6) is 0 Å². The molecule has 12 heteroatoms. The van der Waals surface area contributed by atoms with Crippen LogP contribution in [0.15, 0.2) is 36.1 Å². The van der Waals surface area contributed by atoms with Gasteiger partial charge in [-0.15, -0.1) is 0 Å². The van der Waals surface area contributed by atoms with Gasteiger partial charge >= 0.3 is 5.97 Å². The van der Waals surface area contributed by atoms with Gasteiger partial charge in [-0.25, -0.2) is 14.2 Å².